The van der Waals surface area contributed by atoms with E-state index in [-0.39, 0.29) is 21.7 Å². The molecule has 0 bridgehead atoms. The smallest absolute Gasteiger partial charge is 0.312 e. The van der Waals surface area contributed by atoms with Gasteiger partial charge in [0.25, 0.3) is 0 Å². The molecule has 0 aromatic heterocycles. The molecule has 0 saturated heterocycles. The molecule has 0 fully saturated rings. The van der Waals surface area contributed by atoms with Gasteiger partial charge >= 0.3 is 5.69 Å². The largest absolute Gasteiger partial charge is 0.497 e. The van der Waals surface area contributed by atoms with Gasteiger partial charge in [-0.25, -0.2) is 0 Å². The summed E-state index contributed by atoms with van der Waals surface area (Å²) in [7, 11) is 3.00. The van der Waals surface area contributed by atoms with E-state index in [1.165, 1.54) is 24.9 Å². The minimum Gasteiger partial charge on any atom is -0.497 e. The van der Waals surface area contributed by atoms with Crippen molar-refractivity contribution < 1.29 is 24.0 Å². The third-order valence-electron chi connectivity index (χ3n) is 3.94. The van der Waals surface area contributed by atoms with Gasteiger partial charge in [0.15, 0.2) is 16.0 Å². The van der Waals surface area contributed by atoms with Crippen molar-refractivity contribution in [2.75, 3.05) is 14.2 Å². The van der Waals surface area contributed by atoms with Gasteiger partial charge in [-0.2, -0.15) is 0 Å². The Morgan fingerprint density at radius 3 is 2.15 bits per heavy atom. The molecule has 0 unspecified atom stereocenters. The predicted octanol–water partition coefficient (Wildman–Crippen LogP) is 3.65. The maximum Gasteiger partial charge on any atom is 0.312 e. The Bertz CT molecular complexity index is 944. The van der Waals surface area contributed by atoms with Crippen LogP contribution in [0.2, 0.25) is 0 Å². The summed E-state index contributed by atoms with van der Waals surface area (Å²) in [6.45, 7) is 0. The zero-order chi connectivity index (χ0) is 19.6. The zero-order valence-corrected chi connectivity index (χ0v) is 16.1. The highest BCUT2D eigenvalue weighted by Crippen LogP contribution is 2.40. The Balaban J connectivity index is 0.000000159. The second kappa shape index (κ2) is 8.01. The van der Waals surface area contributed by atoms with E-state index in [2.05, 4.69) is 0 Å². The summed E-state index contributed by atoms with van der Waals surface area (Å²) in [5.74, 6) is 1.03. The molecule has 0 amide bonds. The summed E-state index contributed by atoms with van der Waals surface area (Å²) >= 11 is 2.36. The van der Waals surface area contributed by atoms with Crippen LogP contribution in [0.5, 0.6) is 11.5 Å². The first-order valence-corrected chi connectivity index (χ1v) is 9.48. The highest BCUT2D eigenvalue weighted by molar-refractivity contribution is 8.14. The molecule has 2 heterocycles. The van der Waals surface area contributed by atoms with Gasteiger partial charge in [-0.05, 0) is 35.4 Å². The van der Waals surface area contributed by atoms with Crippen LogP contribution >= 0.6 is 23.5 Å². The molecule has 0 aliphatic carbocycles. The van der Waals surface area contributed by atoms with Gasteiger partial charge in [0.2, 0.25) is 0 Å². The van der Waals surface area contributed by atoms with Crippen molar-refractivity contribution in [1.29, 1.82) is 0 Å². The van der Waals surface area contributed by atoms with Gasteiger partial charge in [-0.3, -0.25) is 19.7 Å². The fourth-order valence-electron chi connectivity index (χ4n) is 2.68. The molecular weight excluding hydrogens is 390 g/mol. The number of hydrogen-bond acceptors (Lipinski definition) is 8. The number of rotatable bonds is 3. The molecule has 0 atom stereocenters. The highest BCUT2D eigenvalue weighted by atomic mass is 32.2. The van der Waals surface area contributed by atoms with Gasteiger partial charge in [0.05, 0.1) is 19.1 Å². The van der Waals surface area contributed by atoms with Crippen LogP contribution in [0.4, 0.5) is 5.69 Å². The Labute approximate surface area is 163 Å². The molecule has 0 saturated carbocycles. The highest BCUT2D eigenvalue weighted by Gasteiger charge is 2.26. The van der Waals surface area contributed by atoms with Crippen LogP contribution in [0, 0.1) is 10.1 Å². The normalized spacial score (nSPS) is 14.1. The van der Waals surface area contributed by atoms with E-state index in [0.717, 1.165) is 33.5 Å². The average Bonchev–Trinajstić information content (AvgIpc) is 3.19. The topological polar surface area (TPSA) is 95.7 Å². The Morgan fingerprint density at radius 1 is 0.926 bits per heavy atom. The van der Waals surface area contributed by atoms with Crippen molar-refractivity contribution in [3.05, 3.63) is 51.6 Å². The van der Waals surface area contributed by atoms with Gasteiger partial charge in [-0.1, -0.05) is 23.5 Å². The first kappa shape index (κ1) is 19.2. The molecule has 27 heavy (non-hydrogen) atoms. The first-order valence-electron chi connectivity index (χ1n) is 7.85. The number of ether oxygens (including phenoxy) is 2. The lowest BCUT2D eigenvalue weighted by atomic mass is 10.1. The van der Waals surface area contributed by atoms with Crippen LogP contribution in [-0.2, 0) is 22.4 Å². The van der Waals surface area contributed by atoms with Crippen molar-refractivity contribution in [3.8, 4) is 11.5 Å². The summed E-state index contributed by atoms with van der Waals surface area (Å²) in [6.07, 6.45) is 0.853. The Hall–Kier alpha value is -2.52. The van der Waals surface area contributed by atoms with E-state index in [1.54, 1.807) is 13.2 Å². The first-order chi connectivity index (χ1) is 12.9. The molecule has 0 N–H and O–H groups in total. The van der Waals surface area contributed by atoms with E-state index >= 15 is 0 Å². The number of thioether (sulfide) groups is 2. The lowest BCUT2D eigenvalue weighted by Gasteiger charge is -2.03. The van der Waals surface area contributed by atoms with Gasteiger partial charge in [0.1, 0.15) is 5.75 Å². The van der Waals surface area contributed by atoms with E-state index in [9.17, 15) is 19.7 Å². The number of methoxy groups -OCH3 is 2. The van der Waals surface area contributed by atoms with E-state index in [0.29, 0.717) is 17.7 Å². The summed E-state index contributed by atoms with van der Waals surface area (Å²) < 4.78 is 9.96. The van der Waals surface area contributed by atoms with Crippen LogP contribution in [0.3, 0.4) is 0 Å². The SMILES string of the molecule is COc1cc2c(cc1[N+](=O)[O-])SC(=O)C2.COc1ccc2c(c1)CC(=O)S2. The van der Waals surface area contributed by atoms with Crippen molar-refractivity contribution >= 4 is 39.4 Å². The molecule has 2 aliphatic rings. The summed E-state index contributed by atoms with van der Waals surface area (Å²) in [5.41, 5.74) is 1.79. The van der Waals surface area contributed by atoms with Crippen molar-refractivity contribution in [2.45, 2.75) is 22.6 Å². The van der Waals surface area contributed by atoms with Crippen molar-refractivity contribution in [2.24, 2.45) is 0 Å². The number of hydrogen-bond donors (Lipinski definition) is 0. The maximum absolute atomic E-state index is 11.1. The molecule has 9 heteroatoms. The second-order valence-corrected chi connectivity index (χ2v) is 7.86. The number of carbonyl (C=O) groups is 2. The molecule has 2 aromatic rings. The van der Waals surface area contributed by atoms with Gasteiger partial charge < -0.3 is 9.47 Å². The van der Waals surface area contributed by atoms with E-state index in [4.69, 9.17) is 9.47 Å². The van der Waals surface area contributed by atoms with Crippen molar-refractivity contribution in [1.82, 2.24) is 0 Å². The van der Waals surface area contributed by atoms with Gasteiger partial charge in [0, 0.05) is 28.7 Å². The number of carbonyl (C=O) groups excluding carboxylic acids is 2. The van der Waals surface area contributed by atoms with Crippen molar-refractivity contribution in [3.63, 3.8) is 0 Å². The van der Waals surface area contributed by atoms with E-state index in [1.807, 2.05) is 18.2 Å². The quantitative estimate of drug-likeness (QED) is 0.564. The molecule has 0 radical (unpaired) electrons. The minimum absolute atomic E-state index is 0.00699. The molecule has 4 rings (SSSR count). The molecule has 2 aromatic carbocycles. The number of nitro benzene ring substituents is 1. The minimum atomic E-state index is -0.511. The summed E-state index contributed by atoms with van der Waals surface area (Å²) in [4.78, 5) is 34.1. The molecule has 2 aliphatic heterocycles. The lowest BCUT2D eigenvalue weighted by molar-refractivity contribution is -0.386. The van der Waals surface area contributed by atoms with Crippen LogP contribution in [0.25, 0.3) is 0 Å². The average molecular weight is 405 g/mol. The number of benzene rings is 2. The maximum atomic E-state index is 11.1. The Morgan fingerprint density at radius 2 is 1.56 bits per heavy atom. The lowest BCUT2D eigenvalue weighted by Crippen LogP contribution is -1.95. The van der Waals surface area contributed by atoms with Crippen LogP contribution in [-0.4, -0.2) is 29.4 Å². The number of fused-ring (bicyclic) bond motifs is 2. The second-order valence-electron chi connectivity index (χ2n) is 5.66. The Kier molecular flexibility index (Phi) is 5.71. The van der Waals surface area contributed by atoms with Gasteiger partial charge in [-0.15, -0.1) is 0 Å². The van der Waals surface area contributed by atoms with Crippen LogP contribution < -0.4 is 9.47 Å². The third-order valence-corrected chi connectivity index (χ3v) is 5.91. The number of nitro groups is 1. The van der Waals surface area contributed by atoms with Crippen LogP contribution in [0.15, 0.2) is 40.1 Å². The van der Waals surface area contributed by atoms with Crippen LogP contribution in [0.1, 0.15) is 11.1 Å². The summed E-state index contributed by atoms with van der Waals surface area (Å²) in [5, 5.41) is 10.9. The van der Waals surface area contributed by atoms with E-state index < -0.39 is 4.92 Å². The number of nitrogens with zero attached hydrogens (tertiary/aromatic N) is 1. The predicted molar refractivity (Wildman–Crippen MR) is 102 cm³/mol. The zero-order valence-electron chi connectivity index (χ0n) is 14.5. The fourth-order valence-corrected chi connectivity index (χ4v) is 4.46. The molecular formula is C18H15NO6S2. The molecule has 7 nitrogen and oxygen atoms in total. The molecule has 0 spiro atoms. The standard InChI is InChI=1S/C9H7NO4S.C9H8O2S/c1-14-7-2-5-3-9(11)15-8(5)4-6(7)10(12)13;1-11-7-2-3-8-6(4-7)5-9(10)12-8/h2,4H,3H2,1H3;2-4H,5H2,1H3. The summed E-state index contributed by atoms with van der Waals surface area (Å²) in [6, 6.07) is 8.69. The fraction of sp³-hybridized carbons (Fsp3) is 0.222. The molecule has 140 valence electrons. The third kappa shape index (κ3) is 4.25. The monoisotopic (exact) mass is 405 g/mol.